The van der Waals surface area contributed by atoms with E-state index < -0.39 is 6.04 Å². The van der Waals surface area contributed by atoms with Crippen molar-refractivity contribution in [1.82, 2.24) is 0 Å². The van der Waals surface area contributed by atoms with Crippen LogP contribution in [0, 0.1) is 0 Å². The van der Waals surface area contributed by atoms with E-state index in [1.165, 1.54) is 0 Å². The monoisotopic (exact) mass is 345 g/mol. The van der Waals surface area contributed by atoms with E-state index in [4.69, 9.17) is 10.5 Å². The zero-order valence-electron chi connectivity index (χ0n) is 14.8. The third-order valence-corrected chi connectivity index (χ3v) is 4.61. The zero-order valence-corrected chi connectivity index (χ0v) is 14.8. The van der Waals surface area contributed by atoms with Gasteiger partial charge in [-0.15, -0.1) is 0 Å². The van der Waals surface area contributed by atoms with Crippen LogP contribution in [-0.4, -0.2) is 18.9 Å². The Kier molecular flexibility index (Phi) is 5.82. The molecule has 3 rings (SSSR count). The molecule has 0 amide bonds. The number of rotatable bonds is 7. The van der Waals surface area contributed by atoms with Gasteiger partial charge in [0.25, 0.3) is 0 Å². The summed E-state index contributed by atoms with van der Waals surface area (Å²) in [5, 5.41) is 0. The number of Topliss-reactive ketones (excluding diaryl/α,β-unsaturated/α-hetero) is 1. The normalized spacial score (nSPS) is 12.0. The summed E-state index contributed by atoms with van der Waals surface area (Å²) in [6.45, 7) is 0. The third kappa shape index (κ3) is 4.01. The van der Waals surface area contributed by atoms with Crippen molar-refractivity contribution in [2.24, 2.45) is 5.73 Å². The molecular formula is C23H23NO2. The fourth-order valence-electron chi connectivity index (χ4n) is 3.27. The van der Waals surface area contributed by atoms with Gasteiger partial charge in [-0.3, -0.25) is 4.79 Å². The Morgan fingerprint density at radius 2 is 1.35 bits per heavy atom. The molecule has 3 aromatic rings. The third-order valence-electron chi connectivity index (χ3n) is 4.61. The van der Waals surface area contributed by atoms with Gasteiger partial charge in [-0.2, -0.15) is 0 Å². The number of hydrogen-bond donors (Lipinski definition) is 1. The second-order valence-corrected chi connectivity index (χ2v) is 6.28. The summed E-state index contributed by atoms with van der Waals surface area (Å²) in [7, 11) is 1.61. The van der Waals surface area contributed by atoms with Crippen LogP contribution in [-0.2, 0) is 11.2 Å². The van der Waals surface area contributed by atoms with Gasteiger partial charge < -0.3 is 10.5 Å². The summed E-state index contributed by atoms with van der Waals surface area (Å²) in [5.41, 5.74) is 9.41. The Bertz CT molecular complexity index is 807. The Hall–Kier alpha value is -2.91. The van der Waals surface area contributed by atoms with E-state index in [0.717, 1.165) is 16.7 Å². The van der Waals surface area contributed by atoms with Crippen molar-refractivity contribution in [2.75, 3.05) is 7.11 Å². The lowest BCUT2D eigenvalue weighted by atomic mass is 9.82. The summed E-state index contributed by atoms with van der Waals surface area (Å²) in [6, 6.07) is 26.8. The van der Waals surface area contributed by atoms with E-state index >= 15 is 0 Å². The second kappa shape index (κ2) is 8.45. The van der Waals surface area contributed by atoms with E-state index in [1.54, 1.807) is 7.11 Å². The molecule has 0 fully saturated rings. The molecule has 132 valence electrons. The van der Waals surface area contributed by atoms with Crippen molar-refractivity contribution in [1.29, 1.82) is 0 Å². The lowest BCUT2D eigenvalue weighted by Gasteiger charge is -2.24. The van der Waals surface area contributed by atoms with Gasteiger partial charge in [0, 0.05) is 17.9 Å². The fourth-order valence-corrected chi connectivity index (χ4v) is 3.27. The van der Waals surface area contributed by atoms with E-state index in [9.17, 15) is 4.79 Å². The van der Waals surface area contributed by atoms with Gasteiger partial charge in [-0.05, 0) is 17.2 Å². The number of nitrogens with two attached hydrogens (primary N) is 1. The van der Waals surface area contributed by atoms with Crippen molar-refractivity contribution in [3.63, 3.8) is 0 Å². The molecule has 0 aliphatic heterocycles. The fraction of sp³-hybridized carbons (Fsp3) is 0.174. The van der Waals surface area contributed by atoms with Gasteiger partial charge >= 0.3 is 0 Å². The molecule has 0 aromatic heterocycles. The summed E-state index contributed by atoms with van der Waals surface area (Å²) >= 11 is 0. The van der Waals surface area contributed by atoms with Crippen LogP contribution in [0.15, 0.2) is 84.9 Å². The first-order chi connectivity index (χ1) is 12.7. The largest absolute Gasteiger partial charge is 0.496 e. The lowest BCUT2D eigenvalue weighted by Crippen LogP contribution is -2.38. The maximum atomic E-state index is 13.0. The molecule has 26 heavy (non-hydrogen) atoms. The van der Waals surface area contributed by atoms with Crippen molar-refractivity contribution in [2.45, 2.75) is 18.4 Å². The topological polar surface area (TPSA) is 52.3 Å². The Balaban J connectivity index is 1.90. The van der Waals surface area contributed by atoms with Crippen LogP contribution in [0.2, 0.25) is 0 Å². The van der Waals surface area contributed by atoms with Crippen LogP contribution in [0.5, 0.6) is 5.75 Å². The Labute approximate surface area is 154 Å². The SMILES string of the molecule is COc1ccccc1CC(=O)C(N)C(c1ccccc1)c1ccccc1. The van der Waals surface area contributed by atoms with Gasteiger partial charge in [0.2, 0.25) is 0 Å². The number of hydrogen-bond acceptors (Lipinski definition) is 3. The molecule has 0 bridgehead atoms. The molecule has 2 N–H and O–H groups in total. The maximum absolute atomic E-state index is 13.0. The molecular weight excluding hydrogens is 322 g/mol. The first-order valence-corrected chi connectivity index (χ1v) is 8.71. The average Bonchev–Trinajstić information content (AvgIpc) is 2.70. The highest BCUT2D eigenvalue weighted by Crippen LogP contribution is 2.29. The van der Waals surface area contributed by atoms with Gasteiger partial charge in [-0.1, -0.05) is 78.9 Å². The molecule has 0 aliphatic carbocycles. The van der Waals surface area contributed by atoms with Gasteiger partial charge in [-0.25, -0.2) is 0 Å². The number of benzene rings is 3. The molecule has 0 heterocycles. The maximum Gasteiger partial charge on any atom is 0.154 e. The van der Waals surface area contributed by atoms with E-state index in [-0.39, 0.29) is 18.1 Å². The number of methoxy groups -OCH3 is 1. The second-order valence-electron chi connectivity index (χ2n) is 6.28. The predicted molar refractivity (Wildman–Crippen MR) is 104 cm³/mol. The number of para-hydroxylation sites is 1. The van der Waals surface area contributed by atoms with Crippen LogP contribution in [0.4, 0.5) is 0 Å². The van der Waals surface area contributed by atoms with E-state index in [1.807, 2.05) is 84.9 Å². The van der Waals surface area contributed by atoms with Crippen LogP contribution >= 0.6 is 0 Å². The summed E-state index contributed by atoms with van der Waals surface area (Å²) in [6.07, 6.45) is 0.251. The van der Waals surface area contributed by atoms with Crippen molar-refractivity contribution in [3.8, 4) is 5.75 Å². The highest BCUT2D eigenvalue weighted by molar-refractivity contribution is 5.88. The van der Waals surface area contributed by atoms with Crippen molar-refractivity contribution in [3.05, 3.63) is 102 Å². The quantitative estimate of drug-likeness (QED) is 0.705. The molecule has 0 radical (unpaired) electrons. The molecule has 3 aromatic carbocycles. The summed E-state index contributed by atoms with van der Waals surface area (Å²) in [5.74, 6) is 0.524. The number of carbonyl (C=O) groups excluding carboxylic acids is 1. The van der Waals surface area contributed by atoms with Crippen molar-refractivity contribution >= 4 is 5.78 Å². The number of carbonyl (C=O) groups is 1. The molecule has 1 atom stereocenters. The summed E-state index contributed by atoms with van der Waals surface area (Å²) < 4.78 is 5.36. The first kappa shape index (κ1) is 17.9. The van der Waals surface area contributed by atoms with Crippen LogP contribution in [0.25, 0.3) is 0 Å². The number of ketones is 1. The molecule has 0 spiro atoms. The minimum absolute atomic E-state index is 0.00722. The van der Waals surface area contributed by atoms with Crippen LogP contribution in [0.3, 0.4) is 0 Å². The first-order valence-electron chi connectivity index (χ1n) is 8.71. The zero-order chi connectivity index (χ0) is 18.4. The van der Waals surface area contributed by atoms with Crippen molar-refractivity contribution < 1.29 is 9.53 Å². The average molecular weight is 345 g/mol. The minimum atomic E-state index is -0.635. The van der Waals surface area contributed by atoms with Gasteiger partial charge in [0.1, 0.15) is 5.75 Å². The summed E-state index contributed by atoms with van der Waals surface area (Å²) in [4.78, 5) is 13.0. The van der Waals surface area contributed by atoms with E-state index in [2.05, 4.69) is 0 Å². The smallest absolute Gasteiger partial charge is 0.154 e. The standard InChI is InChI=1S/C23H23NO2/c1-26-21-15-9-8-14-19(21)16-20(25)23(24)22(17-10-4-2-5-11-17)18-12-6-3-7-13-18/h2-15,22-23H,16,24H2,1H3. The van der Waals surface area contributed by atoms with Crippen LogP contribution in [0.1, 0.15) is 22.6 Å². The minimum Gasteiger partial charge on any atom is -0.496 e. The molecule has 3 heteroatoms. The lowest BCUT2D eigenvalue weighted by molar-refractivity contribution is -0.119. The highest BCUT2D eigenvalue weighted by atomic mass is 16.5. The molecule has 1 unspecified atom stereocenters. The predicted octanol–water partition coefficient (Wildman–Crippen LogP) is 3.97. The molecule has 0 saturated heterocycles. The molecule has 0 aliphatic rings. The Morgan fingerprint density at radius 1 is 0.846 bits per heavy atom. The van der Waals surface area contributed by atoms with Gasteiger partial charge in [0.15, 0.2) is 5.78 Å². The highest BCUT2D eigenvalue weighted by Gasteiger charge is 2.27. The molecule has 0 saturated carbocycles. The van der Waals surface area contributed by atoms with Crippen LogP contribution < -0.4 is 10.5 Å². The van der Waals surface area contributed by atoms with Gasteiger partial charge in [0.05, 0.1) is 13.2 Å². The molecule has 3 nitrogen and oxygen atoms in total. The number of ether oxygens (including phenoxy) is 1. The van der Waals surface area contributed by atoms with E-state index in [0.29, 0.717) is 5.75 Å². The Morgan fingerprint density at radius 3 is 1.88 bits per heavy atom.